The Bertz CT molecular complexity index is 880. The van der Waals surface area contributed by atoms with Gasteiger partial charge in [0, 0.05) is 0 Å². The molecular weight excluding hydrogens is 622 g/mol. The Morgan fingerprint density at radius 3 is 1.42 bits per heavy atom. The maximum Gasteiger partial charge on any atom is 0.249 e. The molecule has 4 atom stereocenters. The first kappa shape index (κ1) is 48.0. The predicted octanol–water partition coefficient (Wildman–Crippen LogP) is 10.5. The quantitative estimate of drug-likeness (QED) is 0.0254. The Labute approximate surface area is 308 Å². The van der Waals surface area contributed by atoms with Gasteiger partial charge in [0.1, 0.15) is 12.2 Å². The van der Waals surface area contributed by atoms with Crippen LogP contribution in [0.2, 0.25) is 0 Å². The molecule has 1 amide bonds. The standard InChI is InChI=1S/C44H79NO5/c1-3-5-7-9-11-13-15-17-19-20-21-22-23-24-26-27-29-31-33-35-37-41(47)43(49)40(39-46)45-44(50)42(48)38-36-34-32-30-28-25-18-16-14-12-10-8-6-4-2/h12,14,16,18-20,23-24,29,31,40-43,46-49H,3-11,13,15,17,21-22,25-28,30,32-39H2,1-2H3,(H,45,50)/b14-12-,18-16-,20-19+,24-23+,31-29+. The zero-order valence-corrected chi connectivity index (χ0v) is 32.4. The second-order valence-electron chi connectivity index (χ2n) is 14.0. The van der Waals surface area contributed by atoms with Crippen molar-refractivity contribution in [2.45, 2.75) is 205 Å². The summed E-state index contributed by atoms with van der Waals surface area (Å²) in [6.45, 7) is 3.97. The fourth-order valence-corrected chi connectivity index (χ4v) is 5.84. The second kappa shape index (κ2) is 38.2. The number of nitrogens with one attached hydrogen (secondary N) is 1. The summed E-state index contributed by atoms with van der Waals surface area (Å²) in [5.41, 5.74) is 0. The van der Waals surface area contributed by atoms with E-state index in [0.29, 0.717) is 19.3 Å². The Kier molecular flexibility index (Phi) is 36.7. The van der Waals surface area contributed by atoms with Gasteiger partial charge in [0.15, 0.2) is 0 Å². The van der Waals surface area contributed by atoms with Crippen LogP contribution in [-0.4, -0.2) is 57.3 Å². The van der Waals surface area contributed by atoms with E-state index >= 15 is 0 Å². The summed E-state index contributed by atoms with van der Waals surface area (Å²) in [4.78, 5) is 12.5. The van der Waals surface area contributed by atoms with Crippen LogP contribution >= 0.6 is 0 Å². The highest BCUT2D eigenvalue weighted by molar-refractivity contribution is 5.80. The highest BCUT2D eigenvalue weighted by atomic mass is 16.3. The number of allylic oxidation sites excluding steroid dienone is 10. The Morgan fingerprint density at radius 1 is 0.500 bits per heavy atom. The highest BCUT2D eigenvalue weighted by Gasteiger charge is 2.28. The lowest BCUT2D eigenvalue weighted by molar-refractivity contribution is -0.132. The molecule has 0 aliphatic rings. The third-order valence-corrected chi connectivity index (χ3v) is 9.18. The average molecular weight is 702 g/mol. The van der Waals surface area contributed by atoms with Crippen LogP contribution in [0, 0.1) is 0 Å². The number of unbranched alkanes of at least 4 members (excludes halogenated alkanes) is 18. The smallest absolute Gasteiger partial charge is 0.249 e. The normalized spacial score (nSPS) is 14.9. The van der Waals surface area contributed by atoms with Gasteiger partial charge in [0.25, 0.3) is 0 Å². The monoisotopic (exact) mass is 702 g/mol. The van der Waals surface area contributed by atoms with Crippen molar-refractivity contribution in [2.24, 2.45) is 0 Å². The minimum absolute atomic E-state index is 0.338. The van der Waals surface area contributed by atoms with Crippen molar-refractivity contribution < 1.29 is 25.2 Å². The van der Waals surface area contributed by atoms with Gasteiger partial charge in [-0.2, -0.15) is 0 Å². The lowest BCUT2D eigenvalue weighted by Crippen LogP contribution is -2.53. The maximum atomic E-state index is 12.5. The van der Waals surface area contributed by atoms with Gasteiger partial charge >= 0.3 is 0 Å². The van der Waals surface area contributed by atoms with Crippen molar-refractivity contribution in [2.75, 3.05) is 6.61 Å². The molecule has 0 heterocycles. The van der Waals surface area contributed by atoms with Crippen molar-refractivity contribution in [3.05, 3.63) is 60.8 Å². The minimum atomic E-state index is -1.30. The van der Waals surface area contributed by atoms with Gasteiger partial charge in [-0.05, 0) is 89.9 Å². The van der Waals surface area contributed by atoms with Crippen LogP contribution in [0.25, 0.3) is 0 Å². The predicted molar refractivity (Wildman–Crippen MR) is 214 cm³/mol. The molecule has 4 unspecified atom stereocenters. The third kappa shape index (κ3) is 32.0. The van der Waals surface area contributed by atoms with E-state index in [0.717, 1.165) is 77.0 Å². The second-order valence-corrected chi connectivity index (χ2v) is 14.0. The van der Waals surface area contributed by atoms with Gasteiger partial charge in [-0.1, -0.05) is 152 Å². The minimum Gasteiger partial charge on any atom is -0.394 e. The van der Waals surface area contributed by atoms with Gasteiger partial charge < -0.3 is 25.7 Å². The third-order valence-electron chi connectivity index (χ3n) is 9.18. The number of rotatable bonds is 36. The fourth-order valence-electron chi connectivity index (χ4n) is 5.84. The lowest BCUT2D eigenvalue weighted by Gasteiger charge is -2.27. The number of aliphatic hydroxyl groups excluding tert-OH is 4. The summed E-state index contributed by atoms with van der Waals surface area (Å²) >= 11 is 0. The first-order valence-corrected chi connectivity index (χ1v) is 20.7. The van der Waals surface area contributed by atoms with E-state index in [1.165, 1.54) is 70.6 Å². The van der Waals surface area contributed by atoms with E-state index in [4.69, 9.17) is 0 Å². The van der Waals surface area contributed by atoms with E-state index in [9.17, 15) is 25.2 Å². The van der Waals surface area contributed by atoms with Crippen molar-refractivity contribution in [3.63, 3.8) is 0 Å². The molecule has 0 aromatic heterocycles. The molecule has 0 bridgehead atoms. The molecule has 0 aromatic carbocycles. The molecule has 0 fully saturated rings. The molecule has 0 spiro atoms. The van der Waals surface area contributed by atoms with Crippen LogP contribution in [0.1, 0.15) is 181 Å². The highest BCUT2D eigenvalue weighted by Crippen LogP contribution is 2.13. The zero-order valence-electron chi connectivity index (χ0n) is 32.4. The molecule has 5 N–H and O–H groups in total. The summed E-state index contributed by atoms with van der Waals surface area (Å²) in [5, 5.41) is 43.5. The largest absolute Gasteiger partial charge is 0.394 e. The van der Waals surface area contributed by atoms with Gasteiger partial charge in [-0.15, -0.1) is 0 Å². The molecule has 290 valence electrons. The van der Waals surface area contributed by atoms with Crippen molar-refractivity contribution in [1.82, 2.24) is 5.32 Å². The van der Waals surface area contributed by atoms with Crippen LogP contribution < -0.4 is 5.32 Å². The molecule has 0 aliphatic heterocycles. The summed E-state index contributed by atoms with van der Waals surface area (Å²) in [6.07, 6.45) is 46.7. The van der Waals surface area contributed by atoms with Crippen LogP contribution in [0.4, 0.5) is 0 Å². The van der Waals surface area contributed by atoms with E-state index in [1.54, 1.807) is 0 Å². The number of amides is 1. The van der Waals surface area contributed by atoms with Crippen molar-refractivity contribution in [1.29, 1.82) is 0 Å². The molecule has 50 heavy (non-hydrogen) atoms. The molecule has 0 aliphatic carbocycles. The molecule has 6 heteroatoms. The lowest BCUT2D eigenvalue weighted by atomic mass is 10.00. The van der Waals surface area contributed by atoms with Crippen LogP contribution in [-0.2, 0) is 4.79 Å². The molecule has 0 radical (unpaired) electrons. The molecular formula is C44H79NO5. The first-order valence-electron chi connectivity index (χ1n) is 20.7. The number of aliphatic hydroxyl groups is 4. The molecule has 0 saturated heterocycles. The van der Waals surface area contributed by atoms with E-state index < -0.39 is 36.9 Å². The maximum absolute atomic E-state index is 12.5. The number of carbonyl (C=O) groups is 1. The zero-order chi connectivity index (χ0) is 36.8. The van der Waals surface area contributed by atoms with Gasteiger partial charge in [-0.3, -0.25) is 4.79 Å². The van der Waals surface area contributed by atoms with E-state index in [1.807, 2.05) is 0 Å². The van der Waals surface area contributed by atoms with Crippen LogP contribution in [0.15, 0.2) is 60.8 Å². The average Bonchev–Trinajstić information content (AvgIpc) is 3.12. The fraction of sp³-hybridized carbons (Fsp3) is 0.750. The molecule has 0 saturated carbocycles. The topological polar surface area (TPSA) is 110 Å². The van der Waals surface area contributed by atoms with Gasteiger partial charge in [0.2, 0.25) is 5.91 Å². The van der Waals surface area contributed by atoms with Gasteiger partial charge in [0.05, 0.1) is 18.8 Å². The number of carbonyl (C=O) groups excluding carboxylic acids is 1. The first-order chi connectivity index (χ1) is 24.5. The van der Waals surface area contributed by atoms with Crippen molar-refractivity contribution in [3.8, 4) is 0 Å². The van der Waals surface area contributed by atoms with Gasteiger partial charge in [-0.25, -0.2) is 0 Å². The number of hydrogen-bond acceptors (Lipinski definition) is 5. The summed E-state index contributed by atoms with van der Waals surface area (Å²) in [6, 6.07) is -1.02. The Morgan fingerprint density at radius 2 is 0.900 bits per heavy atom. The Balaban J connectivity index is 3.90. The molecule has 0 rings (SSSR count). The van der Waals surface area contributed by atoms with Crippen LogP contribution in [0.3, 0.4) is 0 Å². The summed E-state index contributed by atoms with van der Waals surface area (Å²) < 4.78 is 0. The van der Waals surface area contributed by atoms with Crippen LogP contribution in [0.5, 0.6) is 0 Å². The SMILES string of the molecule is CCCCC/C=C\C=C/CCCCCCCC(O)C(=O)NC(CO)C(O)C(O)CCC/C=C/CC/C=C/CC/C=C/CCCCCCCCC. The summed E-state index contributed by atoms with van der Waals surface area (Å²) in [7, 11) is 0. The Hall–Kier alpha value is -1.99. The van der Waals surface area contributed by atoms with E-state index in [2.05, 4.69) is 79.9 Å². The molecule has 0 aromatic rings. The van der Waals surface area contributed by atoms with Crippen molar-refractivity contribution >= 4 is 5.91 Å². The number of hydrogen-bond donors (Lipinski definition) is 5. The summed E-state index contributed by atoms with van der Waals surface area (Å²) in [5.74, 6) is -0.615. The molecule has 6 nitrogen and oxygen atoms in total. The van der Waals surface area contributed by atoms with E-state index in [-0.39, 0.29) is 0 Å².